The first-order valence-electron chi connectivity index (χ1n) is 4.93. The number of halogens is 1. The van der Waals surface area contributed by atoms with Crippen LogP contribution in [0.5, 0.6) is 5.75 Å². The summed E-state index contributed by atoms with van der Waals surface area (Å²) >= 11 is 5.76. The predicted octanol–water partition coefficient (Wildman–Crippen LogP) is 2.71. The zero-order valence-corrected chi connectivity index (χ0v) is 10.1. The summed E-state index contributed by atoms with van der Waals surface area (Å²) < 4.78 is 5.12. The van der Waals surface area contributed by atoms with Gasteiger partial charge in [0, 0.05) is 12.3 Å². The number of aromatic nitrogens is 2. The molecule has 2 rings (SSSR count). The Morgan fingerprint density at radius 3 is 2.89 bits per heavy atom. The maximum Gasteiger partial charge on any atom is 0.274 e. The molecule has 2 aromatic rings. The van der Waals surface area contributed by atoms with Gasteiger partial charge < -0.3 is 4.74 Å². The molecule has 0 saturated carbocycles. The lowest BCUT2D eigenvalue weighted by Crippen LogP contribution is -1.95. The highest BCUT2D eigenvalue weighted by Crippen LogP contribution is 2.29. The van der Waals surface area contributed by atoms with Gasteiger partial charge in [0.05, 0.1) is 18.1 Å². The molecule has 0 radical (unpaired) electrons. The van der Waals surface area contributed by atoms with Crippen LogP contribution < -0.4 is 4.74 Å². The van der Waals surface area contributed by atoms with Gasteiger partial charge in [0.2, 0.25) is 0 Å². The Balaban J connectivity index is 2.60. The number of nitrogens with zero attached hydrogens (tertiary/aromatic N) is 3. The smallest absolute Gasteiger partial charge is 0.274 e. The third-order valence-electron chi connectivity index (χ3n) is 2.22. The fourth-order valence-electron chi connectivity index (χ4n) is 1.46. The van der Waals surface area contributed by atoms with E-state index >= 15 is 0 Å². The first-order valence-corrected chi connectivity index (χ1v) is 5.31. The number of ether oxygens (including phenoxy) is 1. The minimum Gasteiger partial charge on any atom is -0.494 e. The largest absolute Gasteiger partial charge is 0.494 e. The second-order valence-corrected chi connectivity index (χ2v) is 3.73. The third kappa shape index (κ3) is 2.38. The minimum absolute atomic E-state index is 0.0342. The Morgan fingerprint density at radius 1 is 1.44 bits per heavy atom. The molecule has 0 aliphatic carbocycles. The summed E-state index contributed by atoms with van der Waals surface area (Å²) in [4.78, 5) is 18.3. The fourth-order valence-corrected chi connectivity index (χ4v) is 1.66. The summed E-state index contributed by atoms with van der Waals surface area (Å²) in [5.41, 5.74) is 0.565. The van der Waals surface area contributed by atoms with Crippen LogP contribution in [0.1, 0.15) is 0 Å². The van der Waals surface area contributed by atoms with Crippen molar-refractivity contribution in [2.45, 2.75) is 0 Å². The van der Waals surface area contributed by atoms with Crippen LogP contribution in [0.15, 0.2) is 30.5 Å². The van der Waals surface area contributed by atoms with Gasteiger partial charge in [0.25, 0.3) is 5.69 Å². The van der Waals surface area contributed by atoms with E-state index in [9.17, 15) is 10.1 Å². The lowest BCUT2D eigenvalue weighted by molar-refractivity contribution is -0.384. The zero-order chi connectivity index (χ0) is 13.1. The summed E-state index contributed by atoms with van der Waals surface area (Å²) in [6.07, 6.45) is 1.55. The van der Waals surface area contributed by atoms with E-state index in [4.69, 9.17) is 16.3 Å². The molecule has 0 amide bonds. The van der Waals surface area contributed by atoms with Gasteiger partial charge >= 0.3 is 0 Å². The Hall–Kier alpha value is -2.21. The van der Waals surface area contributed by atoms with Gasteiger partial charge in [-0.2, -0.15) is 0 Å². The van der Waals surface area contributed by atoms with Crippen molar-refractivity contribution in [3.05, 3.63) is 45.7 Å². The normalized spacial score (nSPS) is 10.1. The minimum atomic E-state index is -0.535. The van der Waals surface area contributed by atoms with E-state index < -0.39 is 4.92 Å². The molecule has 6 nitrogen and oxygen atoms in total. The molecule has 18 heavy (non-hydrogen) atoms. The van der Waals surface area contributed by atoms with Crippen molar-refractivity contribution >= 4 is 17.3 Å². The molecular weight excluding hydrogens is 258 g/mol. The Bertz CT molecular complexity index is 604. The third-order valence-corrected chi connectivity index (χ3v) is 2.42. The molecular formula is C11H8ClN3O3. The van der Waals surface area contributed by atoms with Crippen molar-refractivity contribution < 1.29 is 9.66 Å². The van der Waals surface area contributed by atoms with Crippen LogP contribution in [-0.4, -0.2) is 22.0 Å². The molecule has 92 valence electrons. The fraction of sp³-hybridized carbons (Fsp3) is 0.0909. The lowest BCUT2D eigenvalue weighted by Gasteiger charge is -2.06. The van der Waals surface area contributed by atoms with Crippen LogP contribution >= 0.6 is 11.6 Å². The Labute approximate surface area is 107 Å². The molecule has 0 atom stereocenters. The number of rotatable bonds is 3. The molecule has 2 aromatic heterocycles. The number of hydrogen-bond acceptors (Lipinski definition) is 5. The van der Waals surface area contributed by atoms with Crippen LogP contribution in [0.3, 0.4) is 0 Å². The lowest BCUT2D eigenvalue weighted by atomic mass is 10.2. The van der Waals surface area contributed by atoms with Crippen LogP contribution in [0.4, 0.5) is 5.69 Å². The Kier molecular flexibility index (Phi) is 3.38. The molecule has 0 aromatic carbocycles. The van der Waals surface area contributed by atoms with Crippen molar-refractivity contribution in [1.82, 2.24) is 9.97 Å². The predicted molar refractivity (Wildman–Crippen MR) is 65.7 cm³/mol. The van der Waals surface area contributed by atoms with E-state index in [1.54, 1.807) is 18.3 Å². The molecule has 0 aliphatic heterocycles. The highest BCUT2D eigenvalue weighted by molar-refractivity contribution is 6.29. The van der Waals surface area contributed by atoms with E-state index in [-0.39, 0.29) is 10.8 Å². The van der Waals surface area contributed by atoms with Crippen molar-refractivity contribution in [2.75, 3.05) is 7.11 Å². The quantitative estimate of drug-likeness (QED) is 0.484. The molecule has 0 fully saturated rings. The second kappa shape index (κ2) is 4.97. The number of pyridine rings is 2. The van der Waals surface area contributed by atoms with Gasteiger partial charge in [0.1, 0.15) is 22.3 Å². The number of methoxy groups -OCH3 is 1. The average molecular weight is 266 g/mol. The molecule has 0 saturated heterocycles. The SMILES string of the molecule is COc1cccnc1-c1cc([N+](=O)[O-])cc(Cl)n1. The van der Waals surface area contributed by atoms with Crippen LogP contribution in [0, 0.1) is 10.1 Å². The summed E-state index contributed by atoms with van der Waals surface area (Å²) in [7, 11) is 1.49. The molecule has 0 bridgehead atoms. The first-order chi connectivity index (χ1) is 8.61. The van der Waals surface area contributed by atoms with E-state index in [2.05, 4.69) is 9.97 Å². The number of nitro groups is 1. The van der Waals surface area contributed by atoms with Crippen LogP contribution in [0.2, 0.25) is 5.15 Å². The molecule has 0 spiro atoms. The molecule has 0 unspecified atom stereocenters. The molecule has 0 aliphatic rings. The summed E-state index contributed by atoms with van der Waals surface area (Å²) in [6, 6.07) is 5.87. The summed E-state index contributed by atoms with van der Waals surface area (Å²) in [5.74, 6) is 0.474. The van der Waals surface area contributed by atoms with Gasteiger partial charge in [-0.1, -0.05) is 11.6 Å². The van der Waals surface area contributed by atoms with Crippen molar-refractivity contribution in [2.24, 2.45) is 0 Å². The maximum absolute atomic E-state index is 10.8. The highest BCUT2D eigenvalue weighted by atomic mass is 35.5. The second-order valence-electron chi connectivity index (χ2n) is 3.34. The van der Waals surface area contributed by atoms with Gasteiger partial charge in [-0.25, -0.2) is 4.98 Å². The average Bonchev–Trinajstić information content (AvgIpc) is 2.38. The maximum atomic E-state index is 10.8. The van der Waals surface area contributed by atoms with E-state index in [1.165, 1.54) is 19.2 Å². The van der Waals surface area contributed by atoms with Crippen molar-refractivity contribution in [3.63, 3.8) is 0 Å². The van der Waals surface area contributed by atoms with E-state index in [0.29, 0.717) is 17.1 Å². The van der Waals surface area contributed by atoms with Crippen LogP contribution in [-0.2, 0) is 0 Å². The molecule has 2 heterocycles. The van der Waals surface area contributed by atoms with Crippen molar-refractivity contribution in [1.29, 1.82) is 0 Å². The number of hydrogen-bond donors (Lipinski definition) is 0. The van der Waals surface area contributed by atoms with E-state index in [1.807, 2.05) is 0 Å². The standard InChI is InChI=1S/C11H8ClN3O3/c1-18-9-3-2-4-13-11(9)8-5-7(15(16)17)6-10(12)14-8/h2-6H,1H3. The summed E-state index contributed by atoms with van der Waals surface area (Å²) in [5, 5.41) is 10.8. The molecule has 0 N–H and O–H groups in total. The van der Waals surface area contributed by atoms with Gasteiger partial charge in [-0.05, 0) is 12.1 Å². The zero-order valence-electron chi connectivity index (χ0n) is 9.33. The van der Waals surface area contributed by atoms with Gasteiger partial charge in [-0.15, -0.1) is 0 Å². The van der Waals surface area contributed by atoms with Gasteiger partial charge in [-0.3, -0.25) is 15.1 Å². The molecule has 7 heteroatoms. The first kappa shape index (κ1) is 12.3. The highest BCUT2D eigenvalue weighted by Gasteiger charge is 2.15. The van der Waals surface area contributed by atoms with Crippen molar-refractivity contribution in [3.8, 4) is 17.1 Å². The van der Waals surface area contributed by atoms with Gasteiger partial charge in [0.15, 0.2) is 0 Å². The summed E-state index contributed by atoms with van der Waals surface area (Å²) in [6.45, 7) is 0. The monoisotopic (exact) mass is 265 g/mol. The van der Waals surface area contributed by atoms with Crippen LogP contribution in [0.25, 0.3) is 11.4 Å². The van der Waals surface area contributed by atoms with E-state index in [0.717, 1.165) is 0 Å². The topological polar surface area (TPSA) is 78.2 Å². The Morgan fingerprint density at radius 2 is 2.22 bits per heavy atom.